The Balaban J connectivity index is 1.28. The van der Waals surface area contributed by atoms with Crippen molar-refractivity contribution < 1.29 is 4.79 Å². The van der Waals surface area contributed by atoms with E-state index >= 15 is 0 Å². The van der Waals surface area contributed by atoms with Crippen LogP contribution in [-0.2, 0) is 11.3 Å². The summed E-state index contributed by atoms with van der Waals surface area (Å²) >= 11 is 0. The van der Waals surface area contributed by atoms with E-state index in [4.69, 9.17) is 0 Å². The molecule has 1 N–H and O–H groups in total. The molecule has 1 amide bonds. The maximum Gasteiger partial charge on any atom is 0.225 e. The van der Waals surface area contributed by atoms with Gasteiger partial charge < -0.3 is 15.1 Å². The summed E-state index contributed by atoms with van der Waals surface area (Å²) in [5.74, 6) is 1.40. The summed E-state index contributed by atoms with van der Waals surface area (Å²) in [5, 5.41) is 3.37. The fourth-order valence-electron chi connectivity index (χ4n) is 5.16. The zero-order valence-electron chi connectivity index (χ0n) is 19.2. The number of nitrogens with zero attached hydrogens (tertiary/aromatic N) is 4. The zero-order chi connectivity index (χ0) is 22.5. The SMILES string of the molecule is C=CC1=C(/C=C\C)NC(=C)N1C1CCN(C(=O)C2CCN(Cc3cccnc3)CC2)CC1. The van der Waals surface area contributed by atoms with Gasteiger partial charge in [0.15, 0.2) is 0 Å². The Kier molecular flexibility index (Phi) is 7.10. The van der Waals surface area contributed by atoms with Gasteiger partial charge in [-0.1, -0.05) is 25.3 Å². The summed E-state index contributed by atoms with van der Waals surface area (Å²) in [6.07, 6.45) is 13.5. The third-order valence-corrected chi connectivity index (χ3v) is 6.84. The Hall–Kier alpha value is -2.86. The molecule has 0 saturated carbocycles. The van der Waals surface area contributed by atoms with Crippen molar-refractivity contribution in [2.45, 2.75) is 45.2 Å². The molecule has 2 saturated heterocycles. The van der Waals surface area contributed by atoms with E-state index in [2.05, 4.69) is 50.3 Å². The molecule has 0 atom stereocenters. The molecule has 3 aliphatic rings. The quantitative estimate of drug-likeness (QED) is 0.742. The third kappa shape index (κ3) is 4.80. The van der Waals surface area contributed by atoms with E-state index in [0.29, 0.717) is 11.9 Å². The summed E-state index contributed by atoms with van der Waals surface area (Å²) in [6, 6.07) is 4.45. The van der Waals surface area contributed by atoms with Gasteiger partial charge in [-0.3, -0.25) is 14.7 Å². The molecule has 4 rings (SSSR count). The van der Waals surface area contributed by atoms with Crippen LogP contribution in [0.2, 0.25) is 0 Å². The van der Waals surface area contributed by atoms with Gasteiger partial charge in [0.1, 0.15) is 5.82 Å². The van der Waals surface area contributed by atoms with Gasteiger partial charge in [0.2, 0.25) is 5.91 Å². The van der Waals surface area contributed by atoms with Gasteiger partial charge >= 0.3 is 0 Å². The lowest BCUT2D eigenvalue weighted by molar-refractivity contribution is -0.138. The summed E-state index contributed by atoms with van der Waals surface area (Å²) < 4.78 is 0. The smallest absolute Gasteiger partial charge is 0.225 e. The molecular formula is C26H35N5O. The van der Waals surface area contributed by atoms with Crippen LogP contribution in [0.25, 0.3) is 0 Å². The number of pyridine rings is 1. The van der Waals surface area contributed by atoms with Crippen molar-refractivity contribution >= 4 is 5.91 Å². The molecule has 3 aliphatic heterocycles. The largest absolute Gasteiger partial charge is 0.342 e. The lowest BCUT2D eigenvalue weighted by Gasteiger charge is -2.40. The first-order valence-electron chi connectivity index (χ1n) is 11.7. The lowest BCUT2D eigenvalue weighted by atomic mass is 9.93. The normalized spacial score (nSPS) is 21.5. The third-order valence-electron chi connectivity index (χ3n) is 6.84. The molecule has 1 aromatic heterocycles. The van der Waals surface area contributed by atoms with Gasteiger partial charge in [0.05, 0.1) is 11.4 Å². The van der Waals surface area contributed by atoms with Crippen molar-refractivity contribution in [1.29, 1.82) is 0 Å². The first-order valence-corrected chi connectivity index (χ1v) is 11.7. The lowest BCUT2D eigenvalue weighted by Crippen LogP contribution is -2.48. The fraction of sp³-hybridized carbons (Fsp3) is 0.462. The highest BCUT2D eigenvalue weighted by atomic mass is 16.2. The van der Waals surface area contributed by atoms with Crippen LogP contribution in [0.5, 0.6) is 0 Å². The number of amides is 1. The van der Waals surface area contributed by atoms with Gasteiger partial charge in [-0.05, 0) is 69.5 Å². The van der Waals surface area contributed by atoms with Crippen molar-refractivity contribution in [2.75, 3.05) is 26.2 Å². The van der Waals surface area contributed by atoms with Crippen molar-refractivity contribution in [3.05, 3.63) is 78.7 Å². The Morgan fingerprint density at radius 1 is 1.22 bits per heavy atom. The van der Waals surface area contributed by atoms with Gasteiger partial charge in [0.25, 0.3) is 0 Å². The molecule has 32 heavy (non-hydrogen) atoms. The van der Waals surface area contributed by atoms with Crippen molar-refractivity contribution in [3.8, 4) is 0 Å². The second-order valence-corrected chi connectivity index (χ2v) is 8.91. The number of rotatable bonds is 6. The van der Waals surface area contributed by atoms with Crippen molar-refractivity contribution in [3.63, 3.8) is 0 Å². The molecule has 0 bridgehead atoms. The van der Waals surface area contributed by atoms with Crippen LogP contribution < -0.4 is 5.32 Å². The van der Waals surface area contributed by atoms with E-state index in [9.17, 15) is 4.79 Å². The number of carbonyl (C=O) groups excluding carboxylic acids is 1. The average Bonchev–Trinajstić information content (AvgIpc) is 3.15. The highest BCUT2D eigenvalue weighted by Gasteiger charge is 2.35. The number of likely N-dealkylation sites (tertiary alicyclic amines) is 2. The van der Waals surface area contributed by atoms with Gasteiger partial charge in [-0.2, -0.15) is 0 Å². The maximum absolute atomic E-state index is 13.2. The first kappa shape index (κ1) is 22.3. The number of carbonyl (C=O) groups is 1. The van der Waals surface area contributed by atoms with E-state index < -0.39 is 0 Å². The number of piperidine rings is 2. The molecule has 0 spiro atoms. The monoisotopic (exact) mass is 433 g/mol. The summed E-state index contributed by atoms with van der Waals surface area (Å²) in [4.78, 5) is 24.2. The number of allylic oxidation sites excluding steroid dienone is 3. The number of nitrogens with one attached hydrogen (secondary N) is 1. The van der Waals surface area contributed by atoms with Crippen LogP contribution in [0.15, 0.2) is 73.1 Å². The molecule has 6 nitrogen and oxygen atoms in total. The predicted molar refractivity (Wildman–Crippen MR) is 128 cm³/mol. The summed E-state index contributed by atoms with van der Waals surface area (Å²) in [7, 11) is 0. The molecule has 6 heteroatoms. The Labute approximate surface area is 192 Å². The Morgan fingerprint density at radius 2 is 1.97 bits per heavy atom. The standard InChI is InChI=1S/C26H35N5O/c1-4-7-24-25(5-2)31(20(3)28-24)23-11-16-30(17-12-23)26(32)22-9-14-29(15-10-22)19-21-8-6-13-27-18-21/h4-8,13,18,22-23,28H,2-3,9-12,14-17,19H2,1H3/b7-4-. The first-order chi connectivity index (χ1) is 15.6. The molecule has 0 radical (unpaired) electrons. The Morgan fingerprint density at radius 3 is 2.59 bits per heavy atom. The summed E-state index contributed by atoms with van der Waals surface area (Å²) in [5.41, 5.74) is 3.37. The number of aromatic nitrogens is 1. The van der Waals surface area contributed by atoms with Gasteiger partial charge in [-0.25, -0.2) is 0 Å². The van der Waals surface area contributed by atoms with Crippen molar-refractivity contribution in [2.24, 2.45) is 5.92 Å². The molecule has 170 valence electrons. The maximum atomic E-state index is 13.2. The predicted octanol–water partition coefficient (Wildman–Crippen LogP) is 3.63. The van der Waals surface area contributed by atoms with E-state index in [-0.39, 0.29) is 5.92 Å². The van der Waals surface area contributed by atoms with E-state index in [1.54, 1.807) is 0 Å². The molecular weight excluding hydrogens is 398 g/mol. The van der Waals surface area contributed by atoms with Crippen LogP contribution in [0.1, 0.15) is 38.2 Å². The topological polar surface area (TPSA) is 51.7 Å². The number of hydrogen-bond acceptors (Lipinski definition) is 5. The second kappa shape index (κ2) is 10.2. The van der Waals surface area contributed by atoms with Crippen LogP contribution in [0.4, 0.5) is 0 Å². The highest BCUT2D eigenvalue weighted by molar-refractivity contribution is 5.79. The molecule has 1 aromatic rings. The minimum Gasteiger partial charge on any atom is -0.342 e. The Bertz CT molecular complexity index is 890. The molecule has 4 heterocycles. The molecule has 2 fully saturated rings. The van der Waals surface area contributed by atoms with E-state index in [1.807, 2.05) is 37.5 Å². The van der Waals surface area contributed by atoms with Crippen LogP contribution in [0.3, 0.4) is 0 Å². The number of hydrogen-bond donors (Lipinski definition) is 1. The van der Waals surface area contributed by atoms with Gasteiger partial charge in [0, 0.05) is 44.0 Å². The van der Waals surface area contributed by atoms with Crippen LogP contribution >= 0.6 is 0 Å². The van der Waals surface area contributed by atoms with Crippen LogP contribution in [-0.4, -0.2) is 57.8 Å². The minimum absolute atomic E-state index is 0.157. The van der Waals surface area contributed by atoms with Crippen molar-refractivity contribution in [1.82, 2.24) is 25.0 Å². The van der Waals surface area contributed by atoms with Crippen LogP contribution in [0, 0.1) is 5.92 Å². The van der Waals surface area contributed by atoms with Gasteiger partial charge in [-0.15, -0.1) is 0 Å². The molecule has 0 aromatic carbocycles. The molecule has 0 unspecified atom stereocenters. The van der Waals surface area contributed by atoms with E-state index in [1.165, 1.54) is 5.56 Å². The zero-order valence-corrected chi connectivity index (χ0v) is 19.2. The summed E-state index contributed by atoms with van der Waals surface area (Å²) in [6.45, 7) is 14.7. The molecule has 0 aliphatic carbocycles. The fourth-order valence-corrected chi connectivity index (χ4v) is 5.16. The highest BCUT2D eigenvalue weighted by Crippen LogP contribution is 2.31. The second-order valence-electron chi connectivity index (χ2n) is 8.91. The van der Waals surface area contributed by atoms with E-state index in [0.717, 1.165) is 75.6 Å². The minimum atomic E-state index is 0.157. The average molecular weight is 434 g/mol.